The highest BCUT2D eigenvalue weighted by molar-refractivity contribution is 9.09. The van der Waals surface area contributed by atoms with E-state index in [4.69, 9.17) is 4.74 Å². The molecule has 88 valence electrons. The highest BCUT2D eigenvalue weighted by Crippen LogP contribution is 2.19. The summed E-state index contributed by atoms with van der Waals surface area (Å²) in [4.78, 5) is 12.1. The molecule has 3 nitrogen and oxygen atoms in total. The molecule has 1 N–H and O–H groups in total. The number of ether oxygens (including phenoxy) is 1. The Bertz CT molecular complexity index is 221. The maximum atomic E-state index is 11.7. The van der Waals surface area contributed by atoms with Crippen LogP contribution >= 0.6 is 15.9 Å². The summed E-state index contributed by atoms with van der Waals surface area (Å²) in [6.45, 7) is 7.54. The molecule has 0 saturated carbocycles. The van der Waals surface area contributed by atoms with E-state index in [0.717, 1.165) is 6.42 Å². The van der Waals surface area contributed by atoms with Crippen LogP contribution in [-0.4, -0.2) is 30.0 Å². The zero-order valence-corrected chi connectivity index (χ0v) is 11.2. The summed E-state index contributed by atoms with van der Waals surface area (Å²) in [6.07, 6.45) is 1.08. The third-order valence-corrected chi connectivity index (χ3v) is 4.14. The van der Waals surface area contributed by atoms with E-state index in [-0.39, 0.29) is 17.9 Å². The van der Waals surface area contributed by atoms with Gasteiger partial charge in [0.1, 0.15) is 0 Å². The molecule has 1 aliphatic heterocycles. The Labute approximate surface area is 100 Å². The second kappa shape index (κ2) is 5.85. The molecule has 3 atom stereocenters. The first kappa shape index (κ1) is 13.0. The standard InChI is InChI=1S/C11H20BrNO2/c1-7(2)10(12)5-13-11(14)9-4-8(3)15-6-9/h7-10H,4-6H2,1-3H3,(H,13,14). The van der Waals surface area contributed by atoms with Crippen LogP contribution < -0.4 is 5.32 Å². The number of carbonyl (C=O) groups is 1. The quantitative estimate of drug-likeness (QED) is 0.798. The van der Waals surface area contributed by atoms with Crippen LogP contribution in [0.1, 0.15) is 27.2 Å². The number of rotatable bonds is 4. The summed E-state index contributed by atoms with van der Waals surface area (Å²) in [5, 5.41) is 2.96. The molecular weight excluding hydrogens is 258 g/mol. The Morgan fingerprint density at radius 2 is 2.27 bits per heavy atom. The van der Waals surface area contributed by atoms with E-state index >= 15 is 0 Å². The third kappa shape index (κ3) is 4.11. The molecule has 15 heavy (non-hydrogen) atoms. The smallest absolute Gasteiger partial charge is 0.225 e. The monoisotopic (exact) mass is 277 g/mol. The van der Waals surface area contributed by atoms with Crippen molar-refractivity contribution in [1.82, 2.24) is 5.32 Å². The molecule has 1 heterocycles. The van der Waals surface area contributed by atoms with Crippen LogP contribution in [0.3, 0.4) is 0 Å². The third-order valence-electron chi connectivity index (χ3n) is 2.76. The van der Waals surface area contributed by atoms with Gasteiger partial charge in [-0.2, -0.15) is 0 Å². The number of carbonyl (C=O) groups excluding carboxylic acids is 1. The van der Waals surface area contributed by atoms with Crippen molar-refractivity contribution in [2.24, 2.45) is 11.8 Å². The molecule has 1 amide bonds. The van der Waals surface area contributed by atoms with Crippen molar-refractivity contribution in [2.45, 2.75) is 38.1 Å². The van der Waals surface area contributed by atoms with Gasteiger partial charge in [-0.1, -0.05) is 29.8 Å². The van der Waals surface area contributed by atoms with Gasteiger partial charge in [0.25, 0.3) is 0 Å². The fourth-order valence-corrected chi connectivity index (χ4v) is 1.74. The van der Waals surface area contributed by atoms with Crippen LogP contribution in [0.15, 0.2) is 0 Å². The Kier molecular flexibility index (Phi) is 5.06. The average Bonchev–Trinajstić information content (AvgIpc) is 2.60. The molecule has 0 aromatic rings. The number of halogens is 1. The van der Waals surface area contributed by atoms with Crippen molar-refractivity contribution in [2.75, 3.05) is 13.2 Å². The number of amides is 1. The van der Waals surface area contributed by atoms with E-state index in [1.807, 2.05) is 6.92 Å². The molecule has 0 radical (unpaired) electrons. The number of hydrogen-bond acceptors (Lipinski definition) is 2. The number of nitrogens with one attached hydrogen (secondary N) is 1. The van der Waals surface area contributed by atoms with Gasteiger partial charge in [0.15, 0.2) is 0 Å². The Morgan fingerprint density at radius 3 is 2.73 bits per heavy atom. The minimum atomic E-state index is 0.0480. The molecule has 0 aliphatic carbocycles. The lowest BCUT2D eigenvalue weighted by Crippen LogP contribution is -2.36. The molecule has 0 aromatic carbocycles. The van der Waals surface area contributed by atoms with Gasteiger partial charge in [0.05, 0.1) is 18.6 Å². The average molecular weight is 278 g/mol. The van der Waals surface area contributed by atoms with E-state index in [1.54, 1.807) is 0 Å². The SMILES string of the molecule is CC1CC(C(=O)NCC(Br)C(C)C)CO1. The molecule has 1 saturated heterocycles. The van der Waals surface area contributed by atoms with Crippen molar-refractivity contribution < 1.29 is 9.53 Å². The van der Waals surface area contributed by atoms with Crippen LogP contribution in [0.2, 0.25) is 0 Å². The summed E-state index contributed by atoms with van der Waals surface area (Å²) in [5.41, 5.74) is 0. The van der Waals surface area contributed by atoms with Gasteiger partial charge in [-0.25, -0.2) is 0 Å². The summed E-state index contributed by atoms with van der Waals surface area (Å²) >= 11 is 3.55. The maximum Gasteiger partial charge on any atom is 0.225 e. The lowest BCUT2D eigenvalue weighted by Gasteiger charge is -2.16. The van der Waals surface area contributed by atoms with E-state index in [2.05, 4.69) is 35.1 Å². The minimum Gasteiger partial charge on any atom is -0.378 e. The first-order chi connectivity index (χ1) is 7.00. The molecule has 3 unspecified atom stereocenters. The van der Waals surface area contributed by atoms with Crippen LogP contribution in [0.4, 0.5) is 0 Å². The molecular formula is C11H20BrNO2. The van der Waals surface area contributed by atoms with Gasteiger partial charge in [-0.15, -0.1) is 0 Å². The lowest BCUT2D eigenvalue weighted by atomic mass is 10.1. The largest absolute Gasteiger partial charge is 0.378 e. The van der Waals surface area contributed by atoms with E-state index < -0.39 is 0 Å². The highest BCUT2D eigenvalue weighted by Gasteiger charge is 2.28. The van der Waals surface area contributed by atoms with E-state index in [1.165, 1.54) is 0 Å². The van der Waals surface area contributed by atoms with Gasteiger partial charge >= 0.3 is 0 Å². The molecule has 0 bridgehead atoms. The Hall–Kier alpha value is -0.0900. The first-order valence-corrected chi connectivity index (χ1v) is 6.45. The fourth-order valence-electron chi connectivity index (χ4n) is 1.58. The van der Waals surface area contributed by atoms with Crippen LogP contribution in [0.5, 0.6) is 0 Å². The molecule has 1 rings (SSSR count). The molecule has 1 aliphatic rings. The van der Waals surface area contributed by atoms with Gasteiger partial charge in [-0.3, -0.25) is 4.79 Å². The molecule has 1 fully saturated rings. The predicted octanol–water partition coefficient (Wildman–Crippen LogP) is 1.95. The maximum absolute atomic E-state index is 11.7. The Morgan fingerprint density at radius 1 is 1.60 bits per heavy atom. The van der Waals surface area contributed by atoms with Crippen molar-refractivity contribution in [1.29, 1.82) is 0 Å². The van der Waals surface area contributed by atoms with Crippen molar-refractivity contribution >= 4 is 21.8 Å². The summed E-state index contributed by atoms with van der Waals surface area (Å²) < 4.78 is 5.37. The van der Waals surface area contributed by atoms with Crippen molar-refractivity contribution in [3.05, 3.63) is 0 Å². The van der Waals surface area contributed by atoms with Crippen molar-refractivity contribution in [3.8, 4) is 0 Å². The second-order valence-electron chi connectivity index (χ2n) is 4.58. The van der Waals surface area contributed by atoms with Crippen LogP contribution in [0, 0.1) is 11.8 Å². The summed E-state index contributed by atoms with van der Waals surface area (Å²) in [7, 11) is 0. The zero-order chi connectivity index (χ0) is 11.4. The summed E-state index contributed by atoms with van der Waals surface area (Å²) in [6, 6.07) is 0. The fraction of sp³-hybridized carbons (Fsp3) is 0.909. The zero-order valence-electron chi connectivity index (χ0n) is 9.63. The molecule has 0 aromatic heterocycles. The van der Waals surface area contributed by atoms with Crippen LogP contribution in [0.25, 0.3) is 0 Å². The van der Waals surface area contributed by atoms with Crippen LogP contribution in [-0.2, 0) is 9.53 Å². The molecule has 4 heteroatoms. The van der Waals surface area contributed by atoms with E-state index in [0.29, 0.717) is 23.9 Å². The van der Waals surface area contributed by atoms with Gasteiger partial charge in [0, 0.05) is 11.4 Å². The van der Waals surface area contributed by atoms with Crippen molar-refractivity contribution in [3.63, 3.8) is 0 Å². The van der Waals surface area contributed by atoms with Gasteiger partial charge < -0.3 is 10.1 Å². The van der Waals surface area contributed by atoms with Gasteiger partial charge in [-0.05, 0) is 19.3 Å². The minimum absolute atomic E-state index is 0.0480. The highest BCUT2D eigenvalue weighted by atomic mass is 79.9. The summed E-state index contributed by atoms with van der Waals surface area (Å²) in [5.74, 6) is 0.709. The molecule has 0 spiro atoms. The predicted molar refractivity (Wildman–Crippen MR) is 64.1 cm³/mol. The van der Waals surface area contributed by atoms with E-state index in [9.17, 15) is 4.79 Å². The number of alkyl halides is 1. The lowest BCUT2D eigenvalue weighted by molar-refractivity contribution is -0.124. The second-order valence-corrected chi connectivity index (χ2v) is 5.76. The topological polar surface area (TPSA) is 38.3 Å². The normalized spacial score (nSPS) is 28.1. The van der Waals surface area contributed by atoms with Gasteiger partial charge in [0.2, 0.25) is 5.91 Å². The number of hydrogen-bond donors (Lipinski definition) is 1. The first-order valence-electron chi connectivity index (χ1n) is 5.54. The Balaban J connectivity index is 2.24.